The van der Waals surface area contributed by atoms with E-state index < -0.39 is 0 Å². The van der Waals surface area contributed by atoms with E-state index in [1.54, 1.807) is 0 Å². The number of halogens is 1. The molecule has 2 nitrogen and oxygen atoms in total. The number of piperidine rings is 2. The van der Waals surface area contributed by atoms with E-state index in [0.29, 0.717) is 6.04 Å². The predicted octanol–water partition coefficient (Wildman–Crippen LogP) is 4.12. The summed E-state index contributed by atoms with van der Waals surface area (Å²) in [5, 5.41) is 3.64. The number of benzene rings is 1. The molecular formula is C17H25BrN2. The second kappa shape index (κ2) is 6.95. The van der Waals surface area contributed by atoms with Gasteiger partial charge in [0.15, 0.2) is 0 Å². The summed E-state index contributed by atoms with van der Waals surface area (Å²) in [7, 11) is 0. The fourth-order valence-electron chi connectivity index (χ4n) is 3.45. The monoisotopic (exact) mass is 336 g/mol. The Morgan fingerprint density at radius 3 is 2.65 bits per heavy atom. The van der Waals surface area contributed by atoms with Crippen LogP contribution in [0.2, 0.25) is 0 Å². The molecule has 1 aromatic carbocycles. The van der Waals surface area contributed by atoms with Crippen molar-refractivity contribution in [2.24, 2.45) is 0 Å². The number of hydrogen-bond acceptors (Lipinski definition) is 2. The van der Waals surface area contributed by atoms with E-state index in [1.807, 2.05) is 0 Å². The summed E-state index contributed by atoms with van der Waals surface area (Å²) in [5.41, 5.74) is 2.84. The molecule has 0 aromatic heterocycles. The molecule has 0 amide bonds. The molecule has 1 aromatic rings. The Balaban J connectivity index is 1.66. The highest BCUT2D eigenvalue weighted by molar-refractivity contribution is 9.10. The Hall–Kier alpha value is -0.540. The highest BCUT2D eigenvalue weighted by Gasteiger charge is 2.16. The quantitative estimate of drug-likeness (QED) is 0.892. The average Bonchev–Trinajstić information content (AvgIpc) is 2.49. The largest absolute Gasteiger partial charge is 0.371 e. The van der Waals surface area contributed by atoms with E-state index in [9.17, 15) is 0 Å². The van der Waals surface area contributed by atoms with Gasteiger partial charge in [0.2, 0.25) is 0 Å². The van der Waals surface area contributed by atoms with Gasteiger partial charge < -0.3 is 10.2 Å². The van der Waals surface area contributed by atoms with Crippen molar-refractivity contribution in [2.45, 2.75) is 51.0 Å². The molecular weight excluding hydrogens is 312 g/mol. The maximum atomic E-state index is 3.79. The van der Waals surface area contributed by atoms with Crippen LogP contribution in [0.15, 0.2) is 22.7 Å². The summed E-state index contributed by atoms with van der Waals surface area (Å²) in [6.07, 6.45) is 9.27. The van der Waals surface area contributed by atoms with Crippen molar-refractivity contribution < 1.29 is 0 Å². The lowest BCUT2D eigenvalue weighted by Gasteiger charge is -2.30. The minimum atomic E-state index is 0.677. The van der Waals surface area contributed by atoms with Crippen molar-refractivity contribution in [1.82, 2.24) is 5.32 Å². The van der Waals surface area contributed by atoms with E-state index >= 15 is 0 Å². The van der Waals surface area contributed by atoms with Crippen molar-refractivity contribution in [3.63, 3.8) is 0 Å². The molecule has 0 bridgehead atoms. The third-order valence-corrected chi connectivity index (χ3v) is 5.24. The van der Waals surface area contributed by atoms with Crippen LogP contribution in [0, 0.1) is 0 Å². The van der Waals surface area contributed by atoms with Gasteiger partial charge in [-0.1, -0.05) is 12.5 Å². The zero-order valence-corrected chi connectivity index (χ0v) is 13.8. The molecule has 2 heterocycles. The lowest BCUT2D eigenvalue weighted by atomic mass is 9.97. The molecule has 2 saturated heterocycles. The second-order valence-electron chi connectivity index (χ2n) is 6.18. The van der Waals surface area contributed by atoms with Crippen LogP contribution in [0.4, 0.5) is 5.69 Å². The molecule has 110 valence electrons. The van der Waals surface area contributed by atoms with Gasteiger partial charge in [0.05, 0.1) is 5.69 Å². The van der Waals surface area contributed by atoms with E-state index in [1.165, 1.54) is 80.3 Å². The lowest BCUT2D eigenvalue weighted by Crippen LogP contribution is -2.35. The number of rotatable bonds is 3. The van der Waals surface area contributed by atoms with Crippen LogP contribution in [-0.2, 0) is 6.42 Å². The topological polar surface area (TPSA) is 15.3 Å². The van der Waals surface area contributed by atoms with Gasteiger partial charge in [-0.05, 0) is 78.7 Å². The standard InChI is InChI=1S/C17H25BrN2/c18-16-13-14(12-15-6-2-3-9-19-15)7-8-17(16)20-10-4-1-5-11-20/h7-8,13,15,19H,1-6,9-12H2. The SMILES string of the molecule is Brc1cc(CC2CCCCN2)ccc1N1CCCCC1. The number of hydrogen-bond donors (Lipinski definition) is 1. The van der Waals surface area contributed by atoms with Crippen molar-refractivity contribution >= 4 is 21.6 Å². The first-order valence-corrected chi connectivity index (χ1v) is 8.89. The van der Waals surface area contributed by atoms with Crippen LogP contribution in [-0.4, -0.2) is 25.7 Å². The first-order chi connectivity index (χ1) is 9.83. The van der Waals surface area contributed by atoms with Crippen LogP contribution in [0.1, 0.15) is 44.1 Å². The Morgan fingerprint density at radius 1 is 1.10 bits per heavy atom. The molecule has 0 spiro atoms. The van der Waals surface area contributed by atoms with Crippen molar-refractivity contribution in [3.8, 4) is 0 Å². The minimum absolute atomic E-state index is 0.677. The van der Waals surface area contributed by atoms with Gasteiger partial charge in [0.1, 0.15) is 0 Å². The molecule has 3 rings (SSSR count). The van der Waals surface area contributed by atoms with E-state index in [0.717, 1.165) is 0 Å². The average molecular weight is 337 g/mol. The summed E-state index contributed by atoms with van der Waals surface area (Å²) in [6.45, 7) is 3.61. The van der Waals surface area contributed by atoms with E-state index in [2.05, 4.69) is 44.3 Å². The third-order valence-electron chi connectivity index (χ3n) is 4.60. The van der Waals surface area contributed by atoms with Gasteiger partial charge in [-0.3, -0.25) is 0 Å². The van der Waals surface area contributed by atoms with Gasteiger partial charge in [-0.25, -0.2) is 0 Å². The Bertz CT molecular complexity index is 435. The van der Waals surface area contributed by atoms with Gasteiger partial charge in [0.25, 0.3) is 0 Å². The van der Waals surface area contributed by atoms with Gasteiger partial charge in [0, 0.05) is 23.6 Å². The van der Waals surface area contributed by atoms with Gasteiger partial charge >= 0.3 is 0 Å². The summed E-state index contributed by atoms with van der Waals surface area (Å²) in [5.74, 6) is 0. The molecule has 2 aliphatic heterocycles. The second-order valence-corrected chi connectivity index (χ2v) is 7.04. The van der Waals surface area contributed by atoms with Gasteiger partial charge in [-0.15, -0.1) is 0 Å². The Kier molecular flexibility index (Phi) is 5.00. The molecule has 1 N–H and O–H groups in total. The Morgan fingerprint density at radius 2 is 1.95 bits per heavy atom. The van der Waals surface area contributed by atoms with E-state index in [-0.39, 0.29) is 0 Å². The molecule has 1 atom stereocenters. The van der Waals surface area contributed by atoms with Crippen molar-refractivity contribution in [2.75, 3.05) is 24.5 Å². The van der Waals surface area contributed by atoms with Crippen molar-refractivity contribution in [3.05, 3.63) is 28.2 Å². The number of nitrogens with zero attached hydrogens (tertiary/aromatic N) is 1. The van der Waals surface area contributed by atoms with Crippen LogP contribution < -0.4 is 10.2 Å². The summed E-state index contributed by atoms with van der Waals surface area (Å²) >= 11 is 3.79. The lowest BCUT2D eigenvalue weighted by molar-refractivity contribution is 0.399. The molecule has 1 unspecified atom stereocenters. The van der Waals surface area contributed by atoms with Crippen LogP contribution in [0.3, 0.4) is 0 Å². The third kappa shape index (κ3) is 3.56. The molecule has 0 saturated carbocycles. The predicted molar refractivity (Wildman–Crippen MR) is 89.6 cm³/mol. The fraction of sp³-hybridized carbons (Fsp3) is 0.647. The zero-order valence-electron chi connectivity index (χ0n) is 12.2. The Labute approximate surface area is 131 Å². The normalized spacial score (nSPS) is 23.9. The molecule has 0 radical (unpaired) electrons. The molecule has 2 aliphatic rings. The maximum Gasteiger partial charge on any atom is 0.0510 e. The highest BCUT2D eigenvalue weighted by atomic mass is 79.9. The van der Waals surface area contributed by atoms with E-state index in [4.69, 9.17) is 0 Å². The summed E-state index contributed by atoms with van der Waals surface area (Å²) in [4.78, 5) is 2.52. The molecule has 20 heavy (non-hydrogen) atoms. The number of nitrogens with one attached hydrogen (secondary N) is 1. The van der Waals surface area contributed by atoms with Crippen LogP contribution in [0.5, 0.6) is 0 Å². The van der Waals surface area contributed by atoms with Crippen molar-refractivity contribution in [1.29, 1.82) is 0 Å². The molecule has 0 aliphatic carbocycles. The smallest absolute Gasteiger partial charge is 0.0510 e. The molecule has 2 fully saturated rings. The maximum absolute atomic E-state index is 3.79. The first kappa shape index (κ1) is 14.4. The summed E-state index contributed by atoms with van der Waals surface area (Å²) in [6, 6.07) is 7.65. The van der Waals surface area contributed by atoms with Crippen LogP contribution in [0.25, 0.3) is 0 Å². The van der Waals surface area contributed by atoms with Gasteiger partial charge in [-0.2, -0.15) is 0 Å². The number of anilines is 1. The first-order valence-electron chi connectivity index (χ1n) is 8.10. The molecule has 3 heteroatoms. The minimum Gasteiger partial charge on any atom is -0.371 e. The summed E-state index contributed by atoms with van der Waals surface area (Å²) < 4.78 is 1.27. The zero-order chi connectivity index (χ0) is 13.8. The highest BCUT2D eigenvalue weighted by Crippen LogP contribution is 2.30. The van der Waals surface area contributed by atoms with Crippen LogP contribution >= 0.6 is 15.9 Å². The fourth-order valence-corrected chi connectivity index (χ4v) is 4.13.